The van der Waals surface area contributed by atoms with Gasteiger partial charge in [-0.2, -0.15) is 0 Å². The Balaban J connectivity index is 2.31. The monoisotopic (exact) mass is 195 g/mol. The van der Waals surface area contributed by atoms with Crippen molar-refractivity contribution in [1.29, 1.82) is 0 Å². The van der Waals surface area contributed by atoms with Crippen LogP contribution < -0.4 is 5.32 Å². The lowest BCUT2D eigenvalue weighted by Gasteiger charge is -2.05. The van der Waals surface area contributed by atoms with Crippen molar-refractivity contribution in [2.45, 2.75) is 6.54 Å². The van der Waals surface area contributed by atoms with Gasteiger partial charge < -0.3 is 20.0 Å². The number of amides is 1. The molecule has 0 aromatic heterocycles. The van der Waals surface area contributed by atoms with Crippen molar-refractivity contribution in [2.75, 3.05) is 0 Å². The van der Waals surface area contributed by atoms with Gasteiger partial charge in [0, 0.05) is 6.54 Å². The summed E-state index contributed by atoms with van der Waals surface area (Å²) in [7, 11) is -2.08. The summed E-state index contributed by atoms with van der Waals surface area (Å²) < 4.78 is 4.03. The molecule has 0 saturated heterocycles. The Hall–Kier alpha value is -1.53. The minimum absolute atomic E-state index is 0.284. The molecular weight excluding hydrogens is 185 g/mol. The topological polar surface area (TPSA) is 78.8 Å². The van der Waals surface area contributed by atoms with Crippen LogP contribution in [0.25, 0.3) is 0 Å². The summed E-state index contributed by atoms with van der Waals surface area (Å²) >= 11 is 0. The molecule has 0 unspecified atom stereocenters. The van der Waals surface area contributed by atoms with Crippen LogP contribution in [0.2, 0.25) is 0 Å². The predicted molar refractivity (Wildman–Crippen MR) is 50.0 cm³/mol. The smallest absolute Gasteiger partial charge is 0.468 e. The van der Waals surface area contributed by atoms with Crippen LogP contribution in [0.4, 0.5) is 4.79 Å². The van der Waals surface area contributed by atoms with E-state index in [-0.39, 0.29) is 6.54 Å². The first-order valence-corrected chi connectivity index (χ1v) is 4.03. The Morgan fingerprint density at radius 1 is 1.36 bits per heavy atom. The maximum atomic E-state index is 10.8. The fraction of sp³-hybridized carbons (Fsp3) is 0.125. The van der Waals surface area contributed by atoms with E-state index >= 15 is 0 Å². The summed E-state index contributed by atoms with van der Waals surface area (Å²) in [6.07, 6.45) is -0.871. The van der Waals surface area contributed by atoms with Crippen LogP contribution in [0.15, 0.2) is 30.3 Å². The zero-order valence-corrected chi connectivity index (χ0v) is 7.38. The minimum Gasteiger partial charge on any atom is -0.468 e. The van der Waals surface area contributed by atoms with E-state index in [4.69, 9.17) is 10.0 Å². The third-order valence-corrected chi connectivity index (χ3v) is 1.49. The van der Waals surface area contributed by atoms with Gasteiger partial charge in [-0.3, -0.25) is 0 Å². The molecule has 0 radical (unpaired) electrons. The Morgan fingerprint density at radius 3 is 2.57 bits per heavy atom. The number of rotatable bonds is 3. The number of hydrogen-bond acceptors (Lipinski definition) is 4. The third kappa shape index (κ3) is 3.93. The number of hydrogen-bond donors (Lipinski definition) is 3. The molecule has 1 aromatic rings. The lowest BCUT2D eigenvalue weighted by molar-refractivity contribution is 0.170. The molecule has 0 fully saturated rings. The Bertz CT molecular complexity index is 291. The van der Waals surface area contributed by atoms with E-state index < -0.39 is 13.4 Å². The molecule has 1 aromatic carbocycles. The van der Waals surface area contributed by atoms with Crippen molar-refractivity contribution in [3.63, 3.8) is 0 Å². The number of benzene rings is 1. The average molecular weight is 195 g/mol. The summed E-state index contributed by atoms with van der Waals surface area (Å²) in [5.74, 6) is 0. The SMILES string of the molecule is O=C(NCc1ccccc1)OB(O)O. The molecule has 5 nitrogen and oxygen atoms in total. The van der Waals surface area contributed by atoms with Gasteiger partial charge in [-0.05, 0) is 5.56 Å². The van der Waals surface area contributed by atoms with Gasteiger partial charge in [0.2, 0.25) is 0 Å². The van der Waals surface area contributed by atoms with Crippen LogP contribution in [0.1, 0.15) is 5.56 Å². The summed E-state index contributed by atoms with van der Waals surface area (Å²) in [4.78, 5) is 10.8. The van der Waals surface area contributed by atoms with Gasteiger partial charge in [-0.25, -0.2) is 4.79 Å². The van der Waals surface area contributed by atoms with E-state index in [0.29, 0.717) is 0 Å². The summed E-state index contributed by atoms with van der Waals surface area (Å²) in [6, 6.07) is 9.19. The lowest BCUT2D eigenvalue weighted by Crippen LogP contribution is -2.30. The first-order valence-electron chi connectivity index (χ1n) is 4.03. The quantitative estimate of drug-likeness (QED) is 0.587. The molecule has 0 heterocycles. The van der Waals surface area contributed by atoms with E-state index in [1.165, 1.54) is 0 Å². The lowest BCUT2D eigenvalue weighted by atomic mass is 10.2. The minimum atomic E-state index is -2.08. The highest BCUT2D eigenvalue weighted by molar-refractivity contribution is 6.35. The van der Waals surface area contributed by atoms with E-state index in [1.54, 1.807) is 0 Å². The second-order valence-corrected chi connectivity index (χ2v) is 2.57. The van der Waals surface area contributed by atoms with Crippen LogP contribution in [-0.2, 0) is 11.2 Å². The van der Waals surface area contributed by atoms with Crippen LogP contribution in [0, 0.1) is 0 Å². The molecule has 0 aliphatic heterocycles. The van der Waals surface area contributed by atoms with Gasteiger partial charge in [0.15, 0.2) is 0 Å². The number of nitrogens with one attached hydrogen (secondary N) is 1. The maximum Gasteiger partial charge on any atom is 0.710 e. The Kier molecular flexibility index (Phi) is 3.96. The molecule has 3 N–H and O–H groups in total. The van der Waals surface area contributed by atoms with Crippen molar-refractivity contribution in [2.24, 2.45) is 0 Å². The van der Waals surface area contributed by atoms with Crippen molar-refractivity contribution in [3.05, 3.63) is 35.9 Å². The molecule has 0 saturated carbocycles. The fourth-order valence-electron chi connectivity index (χ4n) is 0.907. The summed E-state index contributed by atoms with van der Waals surface area (Å²) in [5.41, 5.74) is 0.900. The summed E-state index contributed by atoms with van der Waals surface area (Å²) in [5, 5.41) is 18.9. The zero-order valence-electron chi connectivity index (χ0n) is 7.38. The van der Waals surface area contributed by atoms with Crippen molar-refractivity contribution in [3.8, 4) is 0 Å². The maximum absolute atomic E-state index is 10.8. The van der Waals surface area contributed by atoms with Gasteiger partial charge in [-0.15, -0.1) is 0 Å². The first-order chi connectivity index (χ1) is 6.68. The van der Waals surface area contributed by atoms with Crippen LogP contribution >= 0.6 is 0 Å². The van der Waals surface area contributed by atoms with E-state index in [9.17, 15) is 4.79 Å². The predicted octanol–water partition coefficient (Wildman–Crippen LogP) is -0.118. The fourth-order valence-corrected chi connectivity index (χ4v) is 0.907. The molecule has 6 heteroatoms. The normalized spacial score (nSPS) is 9.29. The molecule has 0 bridgehead atoms. The zero-order chi connectivity index (χ0) is 10.4. The van der Waals surface area contributed by atoms with Crippen molar-refractivity contribution >= 4 is 13.4 Å². The molecule has 0 aliphatic carbocycles. The van der Waals surface area contributed by atoms with Gasteiger partial charge >= 0.3 is 13.4 Å². The molecule has 0 aliphatic rings. The van der Waals surface area contributed by atoms with Crippen molar-refractivity contribution < 1.29 is 19.5 Å². The van der Waals surface area contributed by atoms with Crippen LogP contribution in [0.5, 0.6) is 0 Å². The first kappa shape index (κ1) is 10.6. The number of carbonyl (C=O) groups excluding carboxylic acids is 1. The third-order valence-electron chi connectivity index (χ3n) is 1.49. The highest BCUT2D eigenvalue weighted by atomic mass is 16.7. The highest BCUT2D eigenvalue weighted by Crippen LogP contribution is 1.97. The molecule has 14 heavy (non-hydrogen) atoms. The standard InChI is InChI=1S/C8H10BNO4/c11-8(14-9(12)13)10-6-7-4-2-1-3-5-7/h1-5,12-13H,6H2,(H,10,11). The van der Waals surface area contributed by atoms with E-state index in [2.05, 4.69) is 9.97 Å². The van der Waals surface area contributed by atoms with Gasteiger partial charge in [0.1, 0.15) is 0 Å². The van der Waals surface area contributed by atoms with Gasteiger partial charge in [0.25, 0.3) is 0 Å². The molecule has 74 valence electrons. The molecular formula is C8H10BNO4. The molecule has 1 rings (SSSR count). The summed E-state index contributed by atoms with van der Waals surface area (Å²) in [6.45, 7) is 0.284. The highest BCUT2D eigenvalue weighted by Gasteiger charge is 2.14. The second kappa shape index (κ2) is 5.26. The van der Waals surface area contributed by atoms with Crippen molar-refractivity contribution in [1.82, 2.24) is 5.32 Å². The average Bonchev–Trinajstić information content (AvgIpc) is 2.15. The Labute approximate surface area is 81.5 Å². The second-order valence-electron chi connectivity index (χ2n) is 2.57. The molecule has 0 spiro atoms. The number of carbonyl (C=O) groups is 1. The molecule has 1 amide bonds. The Morgan fingerprint density at radius 2 is 2.00 bits per heavy atom. The van der Waals surface area contributed by atoms with Gasteiger partial charge in [0.05, 0.1) is 0 Å². The largest absolute Gasteiger partial charge is 0.710 e. The van der Waals surface area contributed by atoms with E-state index in [0.717, 1.165) is 5.56 Å². The van der Waals surface area contributed by atoms with Crippen LogP contribution in [0.3, 0.4) is 0 Å². The molecule has 0 atom stereocenters. The van der Waals surface area contributed by atoms with Crippen LogP contribution in [-0.4, -0.2) is 23.5 Å². The van der Waals surface area contributed by atoms with E-state index in [1.807, 2.05) is 30.3 Å². The van der Waals surface area contributed by atoms with Gasteiger partial charge in [-0.1, -0.05) is 30.3 Å².